The Morgan fingerprint density at radius 2 is 1.94 bits per heavy atom. The van der Waals surface area contributed by atoms with Crippen molar-refractivity contribution in [2.75, 3.05) is 19.0 Å². The molecule has 1 aliphatic rings. The number of benzene rings is 2. The van der Waals surface area contributed by atoms with E-state index in [0.717, 1.165) is 16.7 Å². The van der Waals surface area contributed by atoms with Crippen LogP contribution in [-0.4, -0.2) is 47.5 Å². The summed E-state index contributed by atoms with van der Waals surface area (Å²) in [6, 6.07) is 12.8. The van der Waals surface area contributed by atoms with Crippen LogP contribution in [0.3, 0.4) is 0 Å². The minimum Gasteiger partial charge on any atom is -0.467 e. The first-order valence-electron chi connectivity index (χ1n) is 10.4. The molecule has 2 heterocycles. The lowest BCUT2D eigenvalue weighted by Gasteiger charge is -2.11. The fourth-order valence-electron chi connectivity index (χ4n) is 3.50. The van der Waals surface area contributed by atoms with E-state index in [4.69, 9.17) is 14.6 Å². The summed E-state index contributed by atoms with van der Waals surface area (Å²) >= 11 is 0. The van der Waals surface area contributed by atoms with Gasteiger partial charge >= 0.3 is 18.5 Å². The molecule has 0 amide bonds. The molecule has 1 atom stereocenters. The molecule has 0 saturated carbocycles. The average Bonchev–Trinajstić information content (AvgIpc) is 3.19. The fourth-order valence-corrected chi connectivity index (χ4v) is 3.50. The summed E-state index contributed by atoms with van der Waals surface area (Å²) in [6.07, 6.45) is -6.24. The van der Waals surface area contributed by atoms with E-state index in [9.17, 15) is 18.0 Å². The molecule has 0 aliphatic carbocycles. The van der Waals surface area contributed by atoms with Gasteiger partial charge in [0, 0.05) is 23.7 Å². The smallest absolute Gasteiger partial charge is 0.467 e. The van der Waals surface area contributed by atoms with Crippen molar-refractivity contribution in [3.8, 4) is 28.8 Å². The minimum absolute atomic E-state index is 0.141. The molecule has 0 bridgehead atoms. The Hall–Kier alpha value is -4.22. The second kappa shape index (κ2) is 9.95. The number of fused-ring (bicyclic) bond motifs is 1. The van der Waals surface area contributed by atoms with Crippen LogP contribution in [0.1, 0.15) is 11.1 Å². The van der Waals surface area contributed by atoms with Gasteiger partial charge in [-0.1, -0.05) is 12.1 Å². The summed E-state index contributed by atoms with van der Waals surface area (Å²) in [6.45, 7) is 0.450. The Morgan fingerprint density at radius 1 is 1.17 bits per heavy atom. The van der Waals surface area contributed by atoms with Gasteiger partial charge in [0.1, 0.15) is 17.3 Å². The van der Waals surface area contributed by atoms with Crippen LogP contribution in [0, 0.1) is 0 Å². The quantitative estimate of drug-likeness (QED) is 0.435. The van der Waals surface area contributed by atoms with Crippen molar-refractivity contribution in [2.24, 2.45) is 0 Å². The zero-order chi connectivity index (χ0) is 25.0. The predicted octanol–water partition coefficient (Wildman–Crippen LogP) is 4.66. The number of carbonyl (C=O) groups is 1. The lowest BCUT2D eigenvalue weighted by molar-refractivity contribution is -0.274. The maximum atomic E-state index is 12.3. The summed E-state index contributed by atoms with van der Waals surface area (Å²) in [4.78, 5) is 19.4. The van der Waals surface area contributed by atoms with Gasteiger partial charge in [0.25, 0.3) is 6.29 Å². The van der Waals surface area contributed by atoms with Gasteiger partial charge < -0.3 is 29.4 Å². The Labute approximate surface area is 197 Å². The van der Waals surface area contributed by atoms with Crippen LogP contribution >= 0.6 is 0 Å². The average molecular weight is 491 g/mol. The number of halogens is 3. The van der Waals surface area contributed by atoms with Crippen LogP contribution in [-0.2, 0) is 17.6 Å². The number of ether oxygens (including phenoxy) is 4. The van der Waals surface area contributed by atoms with E-state index in [2.05, 4.69) is 24.8 Å². The number of nitrogens with one attached hydrogen (secondary N) is 1. The van der Waals surface area contributed by atoms with Crippen LogP contribution in [0.15, 0.2) is 48.5 Å². The molecule has 1 unspecified atom stereocenters. The zero-order valence-corrected chi connectivity index (χ0v) is 18.3. The molecule has 1 aromatic heterocycles. The zero-order valence-electron chi connectivity index (χ0n) is 18.3. The summed E-state index contributed by atoms with van der Waals surface area (Å²) in [7, 11) is 1.44. The normalized spacial score (nSPS) is 14.6. The Kier molecular flexibility index (Phi) is 6.80. The second-order valence-electron chi connectivity index (χ2n) is 7.45. The molecule has 3 aromatic rings. The third kappa shape index (κ3) is 6.43. The van der Waals surface area contributed by atoms with Crippen LogP contribution in [0.4, 0.5) is 23.8 Å². The fraction of sp³-hybridized carbons (Fsp3) is 0.261. The van der Waals surface area contributed by atoms with Crippen molar-refractivity contribution in [3.05, 3.63) is 59.7 Å². The van der Waals surface area contributed by atoms with Gasteiger partial charge in [-0.05, 0) is 42.3 Å². The topological polar surface area (TPSA) is 112 Å². The predicted molar refractivity (Wildman–Crippen MR) is 117 cm³/mol. The molecule has 0 spiro atoms. The maximum absolute atomic E-state index is 12.3. The molecule has 184 valence electrons. The molecule has 0 radical (unpaired) electrons. The number of hydrogen-bond acceptors (Lipinski definition) is 8. The Morgan fingerprint density at radius 3 is 2.63 bits per heavy atom. The number of carboxylic acid groups (broad SMARTS) is 1. The molecule has 0 saturated heterocycles. The summed E-state index contributed by atoms with van der Waals surface area (Å²) in [5, 5.41) is 11.9. The number of rotatable bonds is 8. The van der Waals surface area contributed by atoms with Crippen LogP contribution in [0.2, 0.25) is 0 Å². The van der Waals surface area contributed by atoms with Crippen LogP contribution < -0.4 is 19.5 Å². The molecule has 35 heavy (non-hydrogen) atoms. The Balaban J connectivity index is 1.42. The van der Waals surface area contributed by atoms with Gasteiger partial charge in [0.15, 0.2) is 0 Å². The van der Waals surface area contributed by atoms with Crippen molar-refractivity contribution >= 4 is 12.0 Å². The SMILES string of the molecule is COc1nc(NCCc2ccc(OC(F)(F)F)cc2)cc(-c2ccc3c(c2)CC(OC(=O)O)O3)n1. The molecule has 12 heteroatoms. The van der Waals surface area contributed by atoms with E-state index in [0.29, 0.717) is 30.2 Å². The van der Waals surface area contributed by atoms with Crippen LogP contribution in [0.5, 0.6) is 17.5 Å². The van der Waals surface area contributed by atoms with Gasteiger partial charge in [-0.2, -0.15) is 9.97 Å². The first-order valence-corrected chi connectivity index (χ1v) is 10.4. The van der Waals surface area contributed by atoms with E-state index < -0.39 is 18.8 Å². The molecule has 9 nitrogen and oxygen atoms in total. The molecular formula is C23H20F3N3O6. The monoisotopic (exact) mass is 491 g/mol. The lowest BCUT2D eigenvalue weighted by Crippen LogP contribution is -2.20. The van der Waals surface area contributed by atoms with Gasteiger partial charge in [-0.25, -0.2) is 4.79 Å². The highest BCUT2D eigenvalue weighted by Gasteiger charge is 2.31. The van der Waals surface area contributed by atoms with E-state index in [1.165, 1.54) is 19.2 Å². The molecule has 1 aliphatic heterocycles. The maximum Gasteiger partial charge on any atom is 0.573 e. The molecule has 2 N–H and O–H groups in total. The molecule has 2 aromatic carbocycles. The highest BCUT2D eigenvalue weighted by atomic mass is 19.4. The minimum atomic E-state index is -4.73. The highest BCUT2D eigenvalue weighted by Crippen LogP contribution is 2.33. The van der Waals surface area contributed by atoms with Crippen molar-refractivity contribution in [1.82, 2.24) is 9.97 Å². The van der Waals surface area contributed by atoms with Gasteiger partial charge in [0.05, 0.1) is 19.2 Å². The van der Waals surface area contributed by atoms with Gasteiger partial charge in [-0.15, -0.1) is 13.2 Å². The second-order valence-corrected chi connectivity index (χ2v) is 7.45. The number of alkyl halides is 3. The van der Waals surface area contributed by atoms with Crippen molar-refractivity contribution < 1.29 is 42.0 Å². The van der Waals surface area contributed by atoms with Crippen molar-refractivity contribution in [1.29, 1.82) is 0 Å². The van der Waals surface area contributed by atoms with E-state index >= 15 is 0 Å². The van der Waals surface area contributed by atoms with E-state index in [1.807, 2.05) is 6.07 Å². The number of methoxy groups -OCH3 is 1. The first kappa shape index (κ1) is 23.9. The largest absolute Gasteiger partial charge is 0.573 e. The van der Waals surface area contributed by atoms with Gasteiger partial charge in [-0.3, -0.25) is 0 Å². The highest BCUT2D eigenvalue weighted by molar-refractivity contribution is 5.66. The first-order chi connectivity index (χ1) is 16.7. The number of anilines is 1. The Bertz CT molecular complexity index is 1200. The lowest BCUT2D eigenvalue weighted by atomic mass is 10.1. The van der Waals surface area contributed by atoms with E-state index in [-0.39, 0.29) is 18.2 Å². The van der Waals surface area contributed by atoms with E-state index in [1.54, 1.807) is 30.3 Å². The number of hydrogen-bond donors (Lipinski definition) is 2. The van der Waals surface area contributed by atoms with Crippen molar-refractivity contribution in [3.63, 3.8) is 0 Å². The molecular weight excluding hydrogens is 471 g/mol. The van der Waals surface area contributed by atoms with Crippen molar-refractivity contribution in [2.45, 2.75) is 25.5 Å². The van der Waals surface area contributed by atoms with Gasteiger partial charge in [0.2, 0.25) is 0 Å². The molecule has 0 fully saturated rings. The standard InChI is InChI=1S/C23H20F3N3O6/c1-32-21-28-17(14-4-7-18-15(10-14)11-20(33-18)34-22(30)31)12-19(29-21)27-9-8-13-2-5-16(6-3-13)35-23(24,25)26/h2-7,10,12,20H,8-9,11H2,1H3,(H,30,31)(H,27,28,29). The number of nitrogens with zero attached hydrogens (tertiary/aromatic N) is 2. The number of aromatic nitrogens is 2. The third-order valence-corrected chi connectivity index (χ3v) is 5.00. The summed E-state index contributed by atoms with van der Waals surface area (Å²) in [5.74, 6) is 0.749. The van der Waals surface area contributed by atoms with Crippen LogP contribution in [0.25, 0.3) is 11.3 Å². The summed E-state index contributed by atoms with van der Waals surface area (Å²) in [5.41, 5.74) is 2.90. The summed E-state index contributed by atoms with van der Waals surface area (Å²) < 4.78 is 56.1. The third-order valence-electron chi connectivity index (χ3n) is 5.00. The molecule has 4 rings (SSSR count).